The van der Waals surface area contributed by atoms with Crippen molar-refractivity contribution in [3.63, 3.8) is 0 Å². The number of hydrazine groups is 1. The quantitative estimate of drug-likeness (QED) is 0.598. The van der Waals surface area contributed by atoms with Crippen molar-refractivity contribution in [1.29, 1.82) is 0 Å². The van der Waals surface area contributed by atoms with E-state index in [0.717, 1.165) is 12.8 Å². The molecule has 3 atom stereocenters. The number of nitrogens with zero attached hydrogens (tertiary/aromatic N) is 3. The minimum atomic E-state index is 0.0510. The van der Waals surface area contributed by atoms with Crippen molar-refractivity contribution in [2.45, 2.75) is 46.7 Å². The number of allylic oxidation sites excluding steroid dienone is 5. The van der Waals surface area contributed by atoms with E-state index in [1.165, 1.54) is 11.1 Å². The second-order valence-corrected chi connectivity index (χ2v) is 6.42. The highest BCUT2D eigenvalue weighted by atomic mass is 15.6. The third-order valence-electron chi connectivity index (χ3n) is 4.44. The molecule has 2 unspecified atom stereocenters. The molecule has 0 saturated heterocycles. The van der Waals surface area contributed by atoms with Gasteiger partial charge >= 0.3 is 0 Å². The fraction of sp³-hybridized carbons (Fsp3) is 0.550. The molecule has 0 spiro atoms. The summed E-state index contributed by atoms with van der Waals surface area (Å²) >= 11 is 0. The molecule has 3 nitrogen and oxygen atoms in total. The minimum Gasteiger partial charge on any atom is -0.285 e. The van der Waals surface area contributed by atoms with Gasteiger partial charge in [0.2, 0.25) is 0 Å². The Morgan fingerprint density at radius 2 is 2.17 bits per heavy atom. The van der Waals surface area contributed by atoms with E-state index in [9.17, 15) is 0 Å². The van der Waals surface area contributed by atoms with Crippen LogP contribution in [0.25, 0.3) is 0 Å². The first kappa shape index (κ1) is 19.4. The molecule has 0 radical (unpaired) electrons. The summed E-state index contributed by atoms with van der Waals surface area (Å²) < 4.78 is 0. The van der Waals surface area contributed by atoms with Crippen LogP contribution < -0.4 is 0 Å². The summed E-state index contributed by atoms with van der Waals surface area (Å²) in [5.74, 6) is 0.824. The summed E-state index contributed by atoms with van der Waals surface area (Å²) in [5.41, 5.74) is 2.63. The minimum absolute atomic E-state index is 0.0510. The van der Waals surface area contributed by atoms with E-state index < -0.39 is 0 Å². The lowest BCUT2D eigenvalue weighted by Crippen LogP contribution is -2.42. The molecule has 0 saturated carbocycles. The standard InChI is InChI=1S/C20H33N3/c1-8-11-12-19(17(5)10-3)18-14-21-20(13-16(4)9-2)23(15-18)22(6)7/h8,10-11,13-15,17,19-20H,3,9,12H2,1-2,4-7H3/b11-8-,16-13?/t17?,19-,20?/m1/s1. The fourth-order valence-corrected chi connectivity index (χ4v) is 2.63. The van der Waals surface area contributed by atoms with Gasteiger partial charge in [-0.3, -0.25) is 10.0 Å². The highest BCUT2D eigenvalue weighted by Crippen LogP contribution is 2.28. The van der Waals surface area contributed by atoms with Gasteiger partial charge in [-0.1, -0.05) is 37.6 Å². The zero-order valence-corrected chi connectivity index (χ0v) is 15.7. The highest BCUT2D eigenvalue weighted by Gasteiger charge is 2.24. The Labute approximate surface area is 142 Å². The van der Waals surface area contributed by atoms with Gasteiger partial charge in [0, 0.05) is 26.5 Å². The molecule has 128 valence electrons. The molecule has 23 heavy (non-hydrogen) atoms. The van der Waals surface area contributed by atoms with Crippen molar-refractivity contribution in [2.75, 3.05) is 14.1 Å². The lowest BCUT2D eigenvalue weighted by atomic mass is 9.84. The Kier molecular flexibility index (Phi) is 8.04. The molecule has 0 aromatic carbocycles. The van der Waals surface area contributed by atoms with E-state index >= 15 is 0 Å². The number of aliphatic imine (C=N–C) groups is 1. The van der Waals surface area contributed by atoms with Gasteiger partial charge in [-0.2, -0.15) is 0 Å². The van der Waals surface area contributed by atoms with Gasteiger partial charge in [0.15, 0.2) is 6.17 Å². The SMILES string of the molecule is C=CC(C)[C@@H](C/C=C\C)C1=CN(N(C)C)C(C=C(C)CC)N=C1. The van der Waals surface area contributed by atoms with E-state index in [2.05, 4.69) is 89.0 Å². The molecule has 0 aliphatic carbocycles. The van der Waals surface area contributed by atoms with Crippen LogP contribution in [-0.4, -0.2) is 36.5 Å². The Morgan fingerprint density at radius 1 is 1.48 bits per heavy atom. The van der Waals surface area contributed by atoms with Crippen LogP contribution in [0.2, 0.25) is 0 Å². The van der Waals surface area contributed by atoms with E-state index in [-0.39, 0.29) is 6.17 Å². The molecule has 1 aliphatic heterocycles. The highest BCUT2D eigenvalue weighted by molar-refractivity contribution is 5.80. The van der Waals surface area contributed by atoms with Crippen molar-refractivity contribution in [2.24, 2.45) is 16.8 Å². The molecule has 0 fully saturated rings. The van der Waals surface area contributed by atoms with Crippen LogP contribution in [-0.2, 0) is 0 Å². The smallest absolute Gasteiger partial charge is 0.153 e. The Balaban J connectivity index is 3.10. The molecule has 1 aliphatic rings. The van der Waals surface area contributed by atoms with Crippen LogP contribution >= 0.6 is 0 Å². The maximum absolute atomic E-state index is 4.80. The summed E-state index contributed by atoms with van der Waals surface area (Å²) in [6.45, 7) is 12.6. The van der Waals surface area contributed by atoms with Crippen LogP contribution in [0, 0.1) is 11.8 Å². The van der Waals surface area contributed by atoms with Crippen LogP contribution in [0.15, 0.2) is 53.2 Å². The van der Waals surface area contributed by atoms with Gasteiger partial charge in [0.05, 0.1) is 0 Å². The first-order valence-electron chi connectivity index (χ1n) is 8.56. The summed E-state index contributed by atoms with van der Waals surface area (Å²) in [4.78, 5) is 4.80. The average Bonchev–Trinajstić information content (AvgIpc) is 2.55. The molecule has 0 amide bonds. The third-order valence-corrected chi connectivity index (χ3v) is 4.44. The second-order valence-electron chi connectivity index (χ2n) is 6.42. The summed E-state index contributed by atoms with van der Waals surface area (Å²) in [7, 11) is 4.13. The second kappa shape index (κ2) is 9.51. The maximum atomic E-state index is 4.80. The predicted molar refractivity (Wildman–Crippen MR) is 102 cm³/mol. The molecular formula is C20H33N3. The van der Waals surface area contributed by atoms with Gasteiger partial charge in [0.25, 0.3) is 0 Å². The summed E-state index contributed by atoms with van der Waals surface area (Å²) in [6, 6.07) is 0. The lowest BCUT2D eigenvalue weighted by Gasteiger charge is -2.36. The summed E-state index contributed by atoms with van der Waals surface area (Å²) in [6.07, 6.45) is 15.0. The van der Waals surface area contributed by atoms with Crippen LogP contribution in [0.3, 0.4) is 0 Å². The molecule has 0 aromatic rings. The first-order chi connectivity index (χ1) is 10.9. The van der Waals surface area contributed by atoms with Gasteiger partial charge in [-0.05, 0) is 50.2 Å². The van der Waals surface area contributed by atoms with Crippen molar-refractivity contribution in [3.8, 4) is 0 Å². The lowest BCUT2D eigenvalue weighted by molar-refractivity contribution is 0.0536. The largest absolute Gasteiger partial charge is 0.285 e. The Hall–Kier alpha value is -1.61. The first-order valence-corrected chi connectivity index (χ1v) is 8.56. The van der Waals surface area contributed by atoms with Crippen molar-refractivity contribution < 1.29 is 0 Å². The van der Waals surface area contributed by atoms with E-state index in [1.807, 2.05) is 6.08 Å². The Bertz CT molecular complexity index is 497. The zero-order valence-electron chi connectivity index (χ0n) is 15.7. The van der Waals surface area contributed by atoms with Gasteiger partial charge in [-0.15, -0.1) is 6.58 Å². The Morgan fingerprint density at radius 3 is 2.70 bits per heavy atom. The van der Waals surface area contributed by atoms with Gasteiger partial charge in [0.1, 0.15) is 0 Å². The molecule has 1 heterocycles. The van der Waals surface area contributed by atoms with Gasteiger partial charge < -0.3 is 0 Å². The third kappa shape index (κ3) is 5.51. The van der Waals surface area contributed by atoms with Gasteiger partial charge in [-0.25, -0.2) is 5.01 Å². The molecular weight excluding hydrogens is 282 g/mol. The maximum Gasteiger partial charge on any atom is 0.153 e. The summed E-state index contributed by atoms with van der Waals surface area (Å²) in [5, 5.41) is 4.30. The van der Waals surface area contributed by atoms with E-state index in [1.54, 1.807) is 0 Å². The normalized spacial score (nSPS) is 21.7. The molecule has 0 N–H and O–H groups in total. The molecule has 3 heteroatoms. The topological polar surface area (TPSA) is 18.8 Å². The van der Waals surface area contributed by atoms with Crippen LogP contribution in [0.4, 0.5) is 0 Å². The van der Waals surface area contributed by atoms with Crippen LogP contribution in [0.1, 0.15) is 40.5 Å². The molecule has 1 rings (SSSR count). The van der Waals surface area contributed by atoms with Crippen molar-refractivity contribution in [3.05, 3.63) is 48.2 Å². The molecule has 0 bridgehead atoms. The average molecular weight is 316 g/mol. The predicted octanol–water partition coefficient (Wildman–Crippen LogP) is 4.82. The number of hydrogen-bond donors (Lipinski definition) is 0. The molecule has 0 aromatic heterocycles. The van der Waals surface area contributed by atoms with Crippen molar-refractivity contribution in [1.82, 2.24) is 10.0 Å². The van der Waals surface area contributed by atoms with E-state index in [4.69, 9.17) is 4.99 Å². The number of hydrogen-bond acceptors (Lipinski definition) is 3. The van der Waals surface area contributed by atoms with Crippen molar-refractivity contribution >= 4 is 6.21 Å². The van der Waals surface area contributed by atoms with Crippen LogP contribution in [0.5, 0.6) is 0 Å². The fourth-order valence-electron chi connectivity index (χ4n) is 2.63. The van der Waals surface area contributed by atoms with E-state index in [0.29, 0.717) is 11.8 Å². The number of rotatable bonds is 8. The monoisotopic (exact) mass is 315 g/mol. The zero-order chi connectivity index (χ0) is 17.4.